The molecule has 3 aromatic heterocycles. The van der Waals surface area contributed by atoms with E-state index >= 15 is 0 Å². The SMILES string of the molecule is Cc1cc(NC2CCc3nn(Cc4cccnc4)c(=O)n3CC2)nc(N2CCCCC2)n1. The van der Waals surface area contributed by atoms with Gasteiger partial charge in [-0.1, -0.05) is 6.07 Å². The van der Waals surface area contributed by atoms with Gasteiger partial charge in [0.05, 0.1) is 6.54 Å². The first-order valence-corrected chi connectivity index (χ1v) is 11.6. The molecule has 0 aromatic carbocycles. The van der Waals surface area contributed by atoms with Gasteiger partial charge in [-0.3, -0.25) is 9.55 Å². The lowest BCUT2D eigenvalue weighted by Crippen LogP contribution is -2.31. The number of rotatable bonds is 5. The average Bonchev–Trinajstić information content (AvgIpc) is 2.97. The van der Waals surface area contributed by atoms with Crippen LogP contribution in [0.4, 0.5) is 11.8 Å². The molecule has 168 valence electrons. The molecule has 1 fully saturated rings. The van der Waals surface area contributed by atoms with Crippen LogP contribution in [0.3, 0.4) is 0 Å². The molecule has 0 saturated carbocycles. The largest absolute Gasteiger partial charge is 0.367 e. The fourth-order valence-corrected chi connectivity index (χ4v) is 4.61. The Hall–Kier alpha value is -3.23. The van der Waals surface area contributed by atoms with Gasteiger partial charge in [-0.2, -0.15) is 10.1 Å². The zero-order valence-corrected chi connectivity index (χ0v) is 18.6. The highest BCUT2D eigenvalue weighted by molar-refractivity contribution is 5.44. The number of aryl methyl sites for hydroxylation is 2. The Morgan fingerprint density at radius 1 is 1.12 bits per heavy atom. The lowest BCUT2D eigenvalue weighted by atomic mass is 10.1. The third kappa shape index (κ3) is 4.51. The van der Waals surface area contributed by atoms with Gasteiger partial charge in [0.25, 0.3) is 0 Å². The van der Waals surface area contributed by atoms with E-state index in [2.05, 4.69) is 25.3 Å². The van der Waals surface area contributed by atoms with Crippen LogP contribution in [0.25, 0.3) is 0 Å². The van der Waals surface area contributed by atoms with E-state index in [1.807, 2.05) is 29.7 Å². The van der Waals surface area contributed by atoms with E-state index in [0.717, 1.165) is 61.2 Å². The molecule has 1 unspecified atom stereocenters. The second-order valence-electron chi connectivity index (χ2n) is 8.78. The van der Waals surface area contributed by atoms with E-state index in [4.69, 9.17) is 4.98 Å². The van der Waals surface area contributed by atoms with Crippen molar-refractivity contribution < 1.29 is 0 Å². The Balaban J connectivity index is 1.26. The van der Waals surface area contributed by atoms with Gasteiger partial charge in [0, 0.05) is 56.3 Å². The number of aromatic nitrogens is 6. The predicted octanol–water partition coefficient (Wildman–Crippen LogP) is 2.39. The maximum atomic E-state index is 12.9. The summed E-state index contributed by atoms with van der Waals surface area (Å²) in [5.41, 5.74) is 1.91. The Bertz CT molecular complexity index is 1120. The standard InChI is InChI=1S/C23H30N8O/c1-17-14-20(27-22(25-17)29-11-3-2-4-12-29)26-19-7-8-21-28-31(23(32)30(21)13-9-19)16-18-6-5-10-24-15-18/h5-6,10,14-15,19H,2-4,7-9,11-13,16H2,1H3,(H,25,26,27). The van der Waals surface area contributed by atoms with E-state index in [0.29, 0.717) is 13.1 Å². The average molecular weight is 435 g/mol. The molecule has 3 aromatic rings. The van der Waals surface area contributed by atoms with Gasteiger partial charge in [0.15, 0.2) is 0 Å². The summed E-state index contributed by atoms with van der Waals surface area (Å²) in [5.74, 6) is 2.56. The molecule has 9 heteroatoms. The first-order chi connectivity index (χ1) is 15.7. The van der Waals surface area contributed by atoms with E-state index in [-0.39, 0.29) is 11.7 Å². The van der Waals surface area contributed by atoms with Crippen molar-refractivity contribution in [1.29, 1.82) is 0 Å². The second kappa shape index (κ2) is 9.10. The van der Waals surface area contributed by atoms with Crippen LogP contribution in [0.5, 0.6) is 0 Å². The van der Waals surface area contributed by atoms with Gasteiger partial charge in [0.1, 0.15) is 11.6 Å². The molecule has 2 aliphatic heterocycles. The van der Waals surface area contributed by atoms with Crippen molar-refractivity contribution in [3.8, 4) is 0 Å². The first-order valence-electron chi connectivity index (χ1n) is 11.6. The van der Waals surface area contributed by atoms with Crippen LogP contribution in [-0.4, -0.2) is 48.4 Å². The van der Waals surface area contributed by atoms with Crippen LogP contribution in [0.1, 0.15) is 49.2 Å². The number of anilines is 2. The summed E-state index contributed by atoms with van der Waals surface area (Å²) in [4.78, 5) is 28.8. The molecule has 5 heterocycles. The molecular weight excluding hydrogens is 404 g/mol. The number of nitrogens with zero attached hydrogens (tertiary/aromatic N) is 7. The minimum absolute atomic E-state index is 0.0465. The molecule has 0 amide bonds. The Morgan fingerprint density at radius 3 is 2.81 bits per heavy atom. The van der Waals surface area contributed by atoms with Crippen molar-refractivity contribution in [1.82, 2.24) is 29.3 Å². The van der Waals surface area contributed by atoms with E-state index in [9.17, 15) is 4.79 Å². The van der Waals surface area contributed by atoms with Crippen molar-refractivity contribution in [3.63, 3.8) is 0 Å². The summed E-state index contributed by atoms with van der Waals surface area (Å²) >= 11 is 0. The van der Waals surface area contributed by atoms with Gasteiger partial charge in [-0.25, -0.2) is 14.5 Å². The highest BCUT2D eigenvalue weighted by Crippen LogP contribution is 2.21. The third-order valence-corrected chi connectivity index (χ3v) is 6.31. The lowest BCUT2D eigenvalue weighted by molar-refractivity contribution is 0.550. The minimum atomic E-state index is -0.0465. The normalized spacial score (nSPS) is 18.8. The van der Waals surface area contributed by atoms with Crippen LogP contribution in [0, 0.1) is 6.92 Å². The molecule has 9 nitrogen and oxygen atoms in total. The van der Waals surface area contributed by atoms with Crippen LogP contribution in [0.2, 0.25) is 0 Å². The summed E-state index contributed by atoms with van der Waals surface area (Å²) in [6.07, 6.45) is 9.72. The molecular formula is C23H30N8O. The maximum Gasteiger partial charge on any atom is 0.346 e. The fraction of sp³-hybridized carbons (Fsp3) is 0.522. The molecule has 32 heavy (non-hydrogen) atoms. The van der Waals surface area contributed by atoms with Crippen LogP contribution < -0.4 is 15.9 Å². The number of hydrogen-bond acceptors (Lipinski definition) is 7. The van der Waals surface area contributed by atoms with Gasteiger partial charge >= 0.3 is 5.69 Å². The van der Waals surface area contributed by atoms with Gasteiger partial charge < -0.3 is 10.2 Å². The quantitative estimate of drug-likeness (QED) is 0.659. The topological polar surface area (TPSA) is 93.8 Å². The molecule has 0 radical (unpaired) electrons. The second-order valence-corrected chi connectivity index (χ2v) is 8.78. The Kier molecular flexibility index (Phi) is 5.87. The van der Waals surface area contributed by atoms with Crippen molar-refractivity contribution in [2.45, 2.75) is 64.6 Å². The first kappa shape index (κ1) is 20.7. The smallest absolute Gasteiger partial charge is 0.346 e. The van der Waals surface area contributed by atoms with Crippen molar-refractivity contribution >= 4 is 11.8 Å². The van der Waals surface area contributed by atoms with E-state index in [1.165, 1.54) is 19.3 Å². The Morgan fingerprint density at radius 2 is 2.00 bits per heavy atom. The molecule has 5 rings (SSSR count). The molecule has 1 saturated heterocycles. The van der Waals surface area contributed by atoms with Crippen molar-refractivity contribution in [2.75, 3.05) is 23.3 Å². The summed E-state index contributed by atoms with van der Waals surface area (Å²) in [5, 5.41) is 8.22. The number of nitrogens with one attached hydrogen (secondary N) is 1. The van der Waals surface area contributed by atoms with Crippen LogP contribution >= 0.6 is 0 Å². The number of hydrogen-bond donors (Lipinski definition) is 1. The lowest BCUT2D eigenvalue weighted by Gasteiger charge is -2.27. The molecule has 2 aliphatic rings. The minimum Gasteiger partial charge on any atom is -0.367 e. The van der Waals surface area contributed by atoms with Crippen LogP contribution in [-0.2, 0) is 19.5 Å². The number of piperidine rings is 1. The zero-order chi connectivity index (χ0) is 21.9. The van der Waals surface area contributed by atoms with Gasteiger partial charge in [0.2, 0.25) is 5.95 Å². The van der Waals surface area contributed by atoms with Gasteiger partial charge in [-0.05, 0) is 50.7 Å². The third-order valence-electron chi connectivity index (χ3n) is 6.31. The number of pyridine rings is 1. The number of fused-ring (bicyclic) bond motifs is 1. The zero-order valence-electron chi connectivity index (χ0n) is 18.6. The van der Waals surface area contributed by atoms with Crippen molar-refractivity contribution in [2.24, 2.45) is 0 Å². The highest BCUT2D eigenvalue weighted by atomic mass is 16.2. The molecule has 1 N–H and O–H groups in total. The van der Waals surface area contributed by atoms with Crippen LogP contribution in [0.15, 0.2) is 35.4 Å². The Labute approximate surface area is 187 Å². The predicted molar refractivity (Wildman–Crippen MR) is 123 cm³/mol. The summed E-state index contributed by atoms with van der Waals surface area (Å²) in [6, 6.07) is 6.10. The monoisotopic (exact) mass is 434 g/mol. The molecule has 0 spiro atoms. The van der Waals surface area contributed by atoms with Gasteiger partial charge in [-0.15, -0.1) is 0 Å². The van der Waals surface area contributed by atoms with E-state index < -0.39 is 0 Å². The van der Waals surface area contributed by atoms with E-state index in [1.54, 1.807) is 17.1 Å². The molecule has 0 bridgehead atoms. The highest BCUT2D eigenvalue weighted by Gasteiger charge is 2.22. The molecule has 0 aliphatic carbocycles. The maximum absolute atomic E-state index is 12.9. The summed E-state index contributed by atoms with van der Waals surface area (Å²) < 4.78 is 3.38. The fourth-order valence-electron chi connectivity index (χ4n) is 4.61. The summed E-state index contributed by atoms with van der Waals surface area (Å²) in [7, 11) is 0. The van der Waals surface area contributed by atoms with Crippen molar-refractivity contribution in [3.05, 3.63) is 58.2 Å². The molecule has 1 atom stereocenters. The summed E-state index contributed by atoms with van der Waals surface area (Å²) in [6.45, 7) is 5.18.